The van der Waals surface area contributed by atoms with Crippen LogP contribution in [0.4, 0.5) is 14.5 Å². The third-order valence-electron chi connectivity index (χ3n) is 6.03. The lowest BCUT2D eigenvalue weighted by Gasteiger charge is -2.41. The van der Waals surface area contributed by atoms with Gasteiger partial charge in [-0.1, -0.05) is 35.9 Å². The minimum absolute atomic E-state index is 0.133. The van der Waals surface area contributed by atoms with Gasteiger partial charge in [0, 0.05) is 32.4 Å². The van der Waals surface area contributed by atoms with Crippen LogP contribution in [0.2, 0.25) is 5.15 Å². The standard InChI is InChI=1S/C25H25ClF2N4O/c1-17(25(33)30-22-3-2-12-29-24(22)26)31-13-15-32(16-14-31)23(18-4-8-20(27)9-5-18)19-6-10-21(28)11-7-19/h2-12,17,23H,13-16H2,1H3,(H,30,33). The normalized spacial score (nSPS) is 16.0. The van der Waals surface area contributed by atoms with Gasteiger partial charge in [-0.2, -0.15) is 0 Å². The molecule has 2 heterocycles. The summed E-state index contributed by atoms with van der Waals surface area (Å²) >= 11 is 6.06. The number of anilines is 1. The first-order valence-electron chi connectivity index (χ1n) is 10.8. The van der Waals surface area contributed by atoms with E-state index in [0.29, 0.717) is 31.9 Å². The molecule has 1 aliphatic rings. The second-order valence-electron chi connectivity index (χ2n) is 8.08. The fourth-order valence-corrected chi connectivity index (χ4v) is 4.34. The van der Waals surface area contributed by atoms with Gasteiger partial charge in [-0.3, -0.25) is 14.6 Å². The van der Waals surface area contributed by atoms with Crippen LogP contribution in [0.25, 0.3) is 0 Å². The molecular formula is C25H25ClF2N4O. The lowest BCUT2D eigenvalue weighted by molar-refractivity contribution is -0.121. The summed E-state index contributed by atoms with van der Waals surface area (Å²) in [7, 11) is 0. The van der Waals surface area contributed by atoms with Gasteiger partial charge in [0.15, 0.2) is 5.15 Å². The Bertz CT molecular complexity index is 1040. The molecule has 0 aliphatic carbocycles. The molecule has 1 unspecified atom stereocenters. The van der Waals surface area contributed by atoms with E-state index in [4.69, 9.17) is 11.6 Å². The predicted molar refractivity (Wildman–Crippen MR) is 125 cm³/mol. The maximum absolute atomic E-state index is 13.5. The average molecular weight is 471 g/mol. The molecule has 1 N–H and O–H groups in total. The van der Waals surface area contributed by atoms with Crippen molar-refractivity contribution >= 4 is 23.2 Å². The van der Waals surface area contributed by atoms with Gasteiger partial charge < -0.3 is 5.32 Å². The number of carbonyl (C=O) groups is 1. The van der Waals surface area contributed by atoms with Crippen molar-refractivity contribution in [1.82, 2.24) is 14.8 Å². The molecule has 0 spiro atoms. The highest BCUT2D eigenvalue weighted by Crippen LogP contribution is 2.30. The van der Waals surface area contributed by atoms with E-state index in [-0.39, 0.29) is 34.8 Å². The average Bonchev–Trinajstić information content (AvgIpc) is 2.83. The van der Waals surface area contributed by atoms with Crippen LogP contribution in [-0.2, 0) is 4.79 Å². The molecule has 0 saturated carbocycles. The van der Waals surface area contributed by atoms with Crippen LogP contribution >= 0.6 is 11.6 Å². The van der Waals surface area contributed by atoms with E-state index in [2.05, 4.69) is 20.1 Å². The Kier molecular flexibility index (Phi) is 7.33. The van der Waals surface area contributed by atoms with E-state index in [1.807, 2.05) is 6.92 Å². The number of halogens is 3. The van der Waals surface area contributed by atoms with E-state index in [1.165, 1.54) is 24.3 Å². The molecule has 1 amide bonds. The summed E-state index contributed by atoms with van der Waals surface area (Å²) in [6.07, 6.45) is 1.57. The summed E-state index contributed by atoms with van der Waals surface area (Å²) in [5.74, 6) is -0.739. The zero-order chi connectivity index (χ0) is 23.4. The summed E-state index contributed by atoms with van der Waals surface area (Å²) in [6.45, 7) is 4.62. The second-order valence-corrected chi connectivity index (χ2v) is 8.44. The van der Waals surface area contributed by atoms with Crippen molar-refractivity contribution in [1.29, 1.82) is 0 Å². The predicted octanol–water partition coefficient (Wildman–Crippen LogP) is 4.75. The summed E-state index contributed by atoms with van der Waals surface area (Å²) < 4.78 is 27.0. The quantitative estimate of drug-likeness (QED) is 0.528. The van der Waals surface area contributed by atoms with Crippen LogP contribution in [0.15, 0.2) is 66.9 Å². The molecule has 5 nitrogen and oxygen atoms in total. The molecular weight excluding hydrogens is 446 g/mol. The molecule has 0 radical (unpaired) electrons. The zero-order valence-electron chi connectivity index (χ0n) is 18.2. The molecule has 1 aliphatic heterocycles. The number of nitrogens with one attached hydrogen (secondary N) is 1. The Balaban J connectivity index is 1.45. The molecule has 0 bridgehead atoms. The number of benzene rings is 2. The lowest BCUT2D eigenvalue weighted by Crippen LogP contribution is -2.53. The van der Waals surface area contributed by atoms with Crippen LogP contribution in [0.3, 0.4) is 0 Å². The van der Waals surface area contributed by atoms with E-state index < -0.39 is 0 Å². The van der Waals surface area contributed by atoms with Crippen molar-refractivity contribution in [2.24, 2.45) is 0 Å². The van der Waals surface area contributed by atoms with E-state index in [1.54, 1.807) is 42.6 Å². The molecule has 1 atom stereocenters. The number of carbonyl (C=O) groups excluding carboxylic acids is 1. The topological polar surface area (TPSA) is 48.5 Å². The van der Waals surface area contributed by atoms with Crippen LogP contribution < -0.4 is 5.32 Å². The second kappa shape index (κ2) is 10.4. The summed E-state index contributed by atoms with van der Waals surface area (Å²) in [4.78, 5) is 21.1. The number of pyridine rings is 1. The van der Waals surface area contributed by atoms with Crippen LogP contribution in [0.5, 0.6) is 0 Å². The van der Waals surface area contributed by atoms with Crippen molar-refractivity contribution in [2.45, 2.75) is 19.0 Å². The minimum atomic E-state index is -0.349. The van der Waals surface area contributed by atoms with Crippen LogP contribution in [-0.4, -0.2) is 52.9 Å². The number of hydrogen-bond donors (Lipinski definition) is 1. The molecule has 33 heavy (non-hydrogen) atoms. The highest BCUT2D eigenvalue weighted by atomic mass is 35.5. The van der Waals surface area contributed by atoms with Crippen molar-refractivity contribution in [3.8, 4) is 0 Å². The SMILES string of the molecule is CC(C(=O)Nc1cccnc1Cl)N1CCN(C(c2ccc(F)cc2)c2ccc(F)cc2)CC1. The van der Waals surface area contributed by atoms with Gasteiger partial charge in [0.05, 0.1) is 17.8 Å². The van der Waals surface area contributed by atoms with Gasteiger partial charge in [-0.05, 0) is 54.4 Å². The number of amides is 1. The lowest BCUT2D eigenvalue weighted by atomic mass is 9.96. The first-order chi connectivity index (χ1) is 15.9. The molecule has 4 rings (SSSR count). The van der Waals surface area contributed by atoms with Gasteiger partial charge in [0.25, 0.3) is 0 Å². The number of rotatable bonds is 6. The molecule has 3 aromatic rings. The van der Waals surface area contributed by atoms with Crippen molar-refractivity contribution in [3.63, 3.8) is 0 Å². The van der Waals surface area contributed by atoms with E-state index >= 15 is 0 Å². The Morgan fingerprint density at radius 3 is 1.94 bits per heavy atom. The van der Waals surface area contributed by atoms with Crippen LogP contribution in [0, 0.1) is 11.6 Å². The summed E-state index contributed by atoms with van der Waals surface area (Å²) in [5.41, 5.74) is 2.37. The number of piperazine rings is 1. The van der Waals surface area contributed by atoms with Crippen LogP contribution in [0.1, 0.15) is 24.1 Å². The van der Waals surface area contributed by atoms with Crippen molar-refractivity contribution < 1.29 is 13.6 Å². The molecule has 8 heteroatoms. The molecule has 1 aromatic heterocycles. The van der Waals surface area contributed by atoms with Gasteiger partial charge in [-0.15, -0.1) is 0 Å². The fourth-order valence-electron chi connectivity index (χ4n) is 4.17. The highest BCUT2D eigenvalue weighted by Gasteiger charge is 2.30. The van der Waals surface area contributed by atoms with Gasteiger partial charge in [0.1, 0.15) is 11.6 Å². The van der Waals surface area contributed by atoms with Gasteiger partial charge >= 0.3 is 0 Å². The zero-order valence-corrected chi connectivity index (χ0v) is 19.0. The monoisotopic (exact) mass is 470 g/mol. The number of aromatic nitrogens is 1. The Morgan fingerprint density at radius 1 is 0.909 bits per heavy atom. The minimum Gasteiger partial charge on any atom is -0.322 e. The number of hydrogen-bond acceptors (Lipinski definition) is 4. The van der Waals surface area contributed by atoms with Gasteiger partial charge in [-0.25, -0.2) is 13.8 Å². The molecule has 1 saturated heterocycles. The smallest absolute Gasteiger partial charge is 0.241 e. The maximum Gasteiger partial charge on any atom is 0.241 e. The largest absolute Gasteiger partial charge is 0.322 e. The third-order valence-corrected chi connectivity index (χ3v) is 6.33. The first-order valence-corrected chi connectivity index (χ1v) is 11.2. The maximum atomic E-state index is 13.5. The van der Waals surface area contributed by atoms with E-state index in [9.17, 15) is 13.6 Å². The molecule has 1 fully saturated rings. The molecule has 2 aromatic carbocycles. The highest BCUT2D eigenvalue weighted by molar-refractivity contribution is 6.32. The first kappa shape index (κ1) is 23.3. The van der Waals surface area contributed by atoms with Crippen molar-refractivity contribution in [2.75, 3.05) is 31.5 Å². The number of nitrogens with zero attached hydrogens (tertiary/aromatic N) is 3. The fraction of sp³-hybridized carbons (Fsp3) is 0.280. The third kappa shape index (κ3) is 5.55. The molecule has 172 valence electrons. The Labute approximate surface area is 197 Å². The Hall–Kier alpha value is -2.87. The summed E-state index contributed by atoms with van der Waals surface area (Å²) in [6, 6.07) is 15.8. The van der Waals surface area contributed by atoms with E-state index in [0.717, 1.165) is 11.1 Å². The van der Waals surface area contributed by atoms with Crippen molar-refractivity contribution in [3.05, 3.63) is 94.8 Å². The summed E-state index contributed by atoms with van der Waals surface area (Å²) in [5, 5.41) is 3.10. The Morgan fingerprint density at radius 2 is 1.42 bits per heavy atom. The van der Waals surface area contributed by atoms with Gasteiger partial charge in [0.2, 0.25) is 5.91 Å².